The van der Waals surface area contributed by atoms with E-state index in [-0.39, 0.29) is 5.91 Å². The number of hydrogen-bond donors (Lipinski definition) is 1. The van der Waals surface area contributed by atoms with Crippen molar-refractivity contribution in [3.05, 3.63) is 72.1 Å². The highest BCUT2D eigenvalue weighted by atomic mass is 16.5. The molecule has 0 aliphatic rings. The Balaban J connectivity index is 1.49. The zero-order valence-corrected chi connectivity index (χ0v) is 16.5. The number of carbonyl (C=O) groups is 1. The van der Waals surface area contributed by atoms with E-state index in [0.29, 0.717) is 17.1 Å². The summed E-state index contributed by atoms with van der Waals surface area (Å²) >= 11 is 0. The van der Waals surface area contributed by atoms with Crippen LogP contribution >= 0.6 is 0 Å². The summed E-state index contributed by atoms with van der Waals surface area (Å²) < 4.78 is 7.48. The SMILES string of the molecule is Cc1cccc(OC(C)C(=O)Nc2cccc(-c3ccc4nncn4n3)c2)c1C. The van der Waals surface area contributed by atoms with Gasteiger partial charge in [0.1, 0.15) is 12.1 Å². The minimum absolute atomic E-state index is 0.217. The Kier molecular flexibility index (Phi) is 4.95. The highest BCUT2D eigenvalue weighted by molar-refractivity contribution is 5.94. The van der Waals surface area contributed by atoms with Gasteiger partial charge in [0.15, 0.2) is 11.8 Å². The fourth-order valence-electron chi connectivity index (χ4n) is 2.98. The molecule has 2 aromatic heterocycles. The monoisotopic (exact) mass is 387 g/mol. The molecule has 7 nitrogen and oxygen atoms in total. The van der Waals surface area contributed by atoms with E-state index in [1.165, 1.54) is 0 Å². The Bertz CT molecular complexity index is 1180. The molecule has 0 aliphatic heterocycles. The molecule has 1 N–H and O–H groups in total. The number of aromatic nitrogens is 4. The average molecular weight is 387 g/mol. The van der Waals surface area contributed by atoms with Crippen LogP contribution in [0.1, 0.15) is 18.1 Å². The first-order chi connectivity index (χ1) is 14.0. The Morgan fingerprint density at radius 2 is 1.93 bits per heavy atom. The Hall–Kier alpha value is -3.74. The molecule has 2 heterocycles. The number of benzene rings is 2. The first-order valence-electron chi connectivity index (χ1n) is 9.32. The van der Waals surface area contributed by atoms with E-state index < -0.39 is 6.10 Å². The molecule has 0 aliphatic carbocycles. The number of fused-ring (bicyclic) bond motifs is 1. The maximum Gasteiger partial charge on any atom is 0.265 e. The van der Waals surface area contributed by atoms with Gasteiger partial charge in [-0.2, -0.15) is 9.61 Å². The van der Waals surface area contributed by atoms with Crippen LogP contribution in [-0.2, 0) is 4.79 Å². The number of aryl methyl sites for hydroxylation is 1. The van der Waals surface area contributed by atoms with Crippen molar-refractivity contribution >= 4 is 17.2 Å². The maximum atomic E-state index is 12.6. The first-order valence-corrected chi connectivity index (χ1v) is 9.32. The van der Waals surface area contributed by atoms with Crippen molar-refractivity contribution in [1.82, 2.24) is 19.8 Å². The summed E-state index contributed by atoms with van der Waals surface area (Å²) in [6.45, 7) is 5.74. The van der Waals surface area contributed by atoms with Crippen molar-refractivity contribution in [2.45, 2.75) is 26.9 Å². The fraction of sp³-hybridized carbons (Fsp3) is 0.182. The molecule has 1 amide bonds. The first kappa shape index (κ1) is 18.6. The largest absolute Gasteiger partial charge is 0.481 e. The number of anilines is 1. The number of rotatable bonds is 5. The second-order valence-corrected chi connectivity index (χ2v) is 6.88. The molecule has 1 unspecified atom stereocenters. The number of ether oxygens (including phenoxy) is 1. The molecule has 0 radical (unpaired) electrons. The lowest BCUT2D eigenvalue weighted by Crippen LogP contribution is -2.30. The minimum Gasteiger partial charge on any atom is -0.481 e. The van der Waals surface area contributed by atoms with Crippen LogP contribution in [0.4, 0.5) is 5.69 Å². The van der Waals surface area contributed by atoms with E-state index in [2.05, 4.69) is 20.6 Å². The highest BCUT2D eigenvalue weighted by Gasteiger charge is 2.16. The van der Waals surface area contributed by atoms with Crippen LogP contribution in [0.15, 0.2) is 60.9 Å². The van der Waals surface area contributed by atoms with Crippen LogP contribution < -0.4 is 10.1 Å². The van der Waals surface area contributed by atoms with E-state index in [0.717, 1.165) is 22.4 Å². The zero-order chi connectivity index (χ0) is 20.4. The van der Waals surface area contributed by atoms with Gasteiger partial charge in [0.05, 0.1) is 5.69 Å². The van der Waals surface area contributed by atoms with Gasteiger partial charge in [0, 0.05) is 11.3 Å². The topological polar surface area (TPSA) is 81.4 Å². The zero-order valence-electron chi connectivity index (χ0n) is 16.5. The Morgan fingerprint density at radius 1 is 1.10 bits per heavy atom. The highest BCUT2D eigenvalue weighted by Crippen LogP contribution is 2.23. The van der Waals surface area contributed by atoms with E-state index in [9.17, 15) is 4.79 Å². The summed E-state index contributed by atoms with van der Waals surface area (Å²) in [7, 11) is 0. The van der Waals surface area contributed by atoms with Gasteiger partial charge in [-0.25, -0.2) is 0 Å². The van der Waals surface area contributed by atoms with Gasteiger partial charge in [-0.05, 0) is 62.2 Å². The molecule has 4 aromatic rings. The summed E-state index contributed by atoms with van der Waals surface area (Å²) in [6, 6.07) is 17.1. The van der Waals surface area contributed by atoms with Gasteiger partial charge in [0.25, 0.3) is 5.91 Å². The van der Waals surface area contributed by atoms with Crippen molar-refractivity contribution in [2.75, 3.05) is 5.32 Å². The van der Waals surface area contributed by atoms with Gasteiger partial charge in [-0.15, -0.1) is 10.2 Å². The maximum absolute atomic E-state index is 12.6. The summed E-state index contributed by atoms with van der Waals surface area (Å²) in [5.41, 5.74) is 5.14. The van der Waals surface area contributed by atoms with Crippen LogP contribution in [0.25, 0.3) is 16.9 Å². The molecule has 0 fully saturated rings. The van der Waals surface area contributed by atoms with E-state index in [1.54, 1.807) is 17.8 Å². The molecule has 1 atom stereocenters. The molecular weight excluding hydrogens is 366 g/mol. The fourth-order valence-corrected chi connectivity index (χ4v) is 2.98. The van der Waals surface area contributed by atoms with Crippen molar-refractivity contribution in [3.63, 3.8) is 0 Å². The lowest BCUT2D eigenvalue weighted by atomic mass is 10.1. The van der Waals surface area contributed by atoms with Crippen LogP contribution in [0.5, 0.6) is 5.75 Å². The molecule has 0 spiro atoms. The predicted octanol–water partition coefficient (Wildman–Crippen LogP) is 3.81. The lowest BCUT2D eigenvalue weighted by molar-refractivity contribution is -0.122. The quantitative estimate of drug-likeness (QED) is 0.563. The molecule has 29 heavy (non-hydrogen) atoms. The number of nitrogens with zero attached hydrogens (tertiary/aromatic N) is 4. The molecule has 0 bridgehead atoms. The van der Waals surface area contributed by atoms with Gasteiger partial charge in [0.2, 0.25) is 0 Å². The smallest absolute Gasteiger partial charge is 0.265 e. The molecule has 2 aromatic carbocycles. The second kappa shape index (κ2) is 7.71. The standard InChI is InChI=1S/C22H21N5O2/c1-14-6-4-9-20(15(14)2)29-16(3)22(28)24-18-8-5-7-17(12-18)19-10-11-21-25-23-13-27(21)26-19/h4-13,16H,1-3H3,(H,24,28). The van der Waals surface area contributed by atoms with Gasteiger partial charge >= 0.3 is 0 Å². The normalized spacial score (nSPS) is 12.0. The van der Waals surface area contributed by atoms with Crippen molar-refractivity contribution in [2.24, 2.45) is 0 Å². The van der Waals surface area contributed by atoms with Crippen LogP contribution in [0, 0.1) is 13.8 Å². The number of nitrogens with one attached hydrogen (secondary N) is 1. The number of carbonyl (C=O) groups excluding carboxylic acids is 1. The third kappa shape index (κ3) is 3.94. The molecule has 146 valence electrons. The molecular formula is C22H21N5O2. The van der Waals surface area contributed by atoms with Gasteiger partial charge in [-0.1, -0.05) is 24.3 Å². The third-order valence-corrected chi connectivity index (χ3v) is 4.82. The summed E-state index contributed by atoms with van der Waals surface area (Å²) in [6.07, 6.45) is 0.919. The van der Waals surface area contributed by atoms with E-state index >= 15 is 0 Å². The lowest BCUT2D eigenvalue weighted by Gasteiger charge is -2.17. The summed E-state index contributed by atoms with van der Waals surface area (Å²) in [5, 5.41) is 15.2. The van der Waals surface area contributed by atoms with Crippen LogP contribution in [0.3, 0.4) is 0 Å². The number of amides is 1. The second-order valence-electron chi connectivity index (χ2n) is 6.88. The van der Waals surface area contributed by atoms with Gasteiger partial charge < -0.3 is 10.1 Å². The predicted molar refractivity (Wildman–Crippen MR) is 111 cm³/mol. The summed E-state index contributed by atoms with van der Waals surface area (Å²) in [5.74, 6) is 0.498. The molecule has 0 saturated heterocycles. The number of hydrogen-bond acceptors (Lipinski definition) is 5. The van der Waals surface area contributed by atoms with Crippen LogP contribution in [-0.4, -0.2) is 31.8 Å². The Morgan fingerprint density at radius 3 is 2.79 bits per heavy atom. The molecule has 4 rings (SSSR count). The van der Waals surface area contributed by atoms with E-state index in [1.807, 2.05) is 68.4 Å². The minimum atomic E-state index is -0.634. The van der Waals surface area contributed by atoms with Crippen LogP contribution in [0.2, 0.25) is 0 Å². The molecule has 0 saturated carbocycles. The van der Waals surface area contributed by atoms with E-state index in [4.69, 9.17) is 4.74 Å². The summed E-state index contributed by atoms with van der Waals surface area (Å²) in [4.78, 5) is 12.6. The van der Waals surface area contributed by atoms with Gasteiger partial charge in [-0.3, -0.25) is 4.79 Å². The van der Waals surface area contributed by atoms with Crippen molar-refractivity contribution in [3.8, 4) is 17.0 Å². The molecule has 7 heteroatoms. The van der Waals surface area contributed by atoms with Crippen molar-refractivity contribution < 1.29 is 9.53 Å². The Labute approximate surface area is 168 Å². The average Bonchev–Trinajstić information content (AvgIpc) is 3.19. The third-order valence-electron chi connectivity index (χ3n) is 4.82. The van der Waals surface area contributed by atoms with Crippen molar-refractivity contribution in [1.29, 1.82) is 0 Å².